The Morgan fingerprint density at radius 3 is 1.87 bits per heavy atom. The Bertz CT molecular complexity index is 1950. The fourth-order valence-electron chi connectivity index (χ4n) is 5.87. The third-order valence-corrected chi connectivity index (χ3v) is 9.00. The number of aromatic nitrogens is 2. The van der Waals surface area contributed by atoms with Gasteiger partial charge in [-0.2, -0.15) is 0 Å². The van der Waals surface area contributed by atoms with Crippen molar-refractivity contribution in [2.24, 2.45) is 0 Å². The summed E-state index contributed by atoms with van der Waals surface area (Å²) in [4.78, 5) is 10.2. The summed E-state index contributed by atoms with van der Waals surface area (Å²) in [6.07, 6.45) is 2.19. The molecule has 5 aromatic carbocycles. The van der Waals surface area contributed by atoms with Gasteiger partial charge in [-0.15, -0.1) is 11.3 Å². The largest absolute Gasteiger partial charge is 0.228 e. The van der Waals surface area contributed by atoms with Crippen molar-refractivity contribution in [3.8, 4) is 45.0 Å². The minimum absolute atomic E-state index is 0.766. The lowest BCUT2D eigenvalue weighted by Gasteiger charge is -2.19. The predicted molar refractivity (Wildman–Crippen MR) is 164 cm³/mol. The summed E-state index contributed by atoms with van der Waals surface area (Å²) in [6, 6.07) is 43.2. The van der Waals surface area contributed by atoms with Gasteiger partial charge in [-0.05, 0) is 59.4 Å². The third-order valence-electron chi connectivity index (χ3n) is 7.80. The molecule has 0 unspecified atom stereocenters. The molecule has 0 atom stereocenters. The van der Waals surface area contributed by atoms with Crippen LogP contribution in [0.2, 0.25) is 0 Å². The number of nitrogens with zero attached hydrogens (tertiary/aromatic N) is 2. The average Bonchev–Trinajstić information content (AvgIpc) is 3.38. The Kier molecular flexibility index (Phi) is 5.17. The van der Waals surface area contributed by atoms with Gasteiger partial charge in [0.1, 0.15) is 0 Å². The summed E-state index contributed by atoms with van der Waals surface area (Å²) < 4.78 is 2.56. The lowest BCUT2D eigenvalue weighted by Crippen LogP contribution is -2.03. The lowest BCUT2D eigenvalue weighted by molar-refractivity contribution is 0.944. The van der Waals surface area contributed by atoms with Crippen molar-refractivity contribution in [2.45, 2.75) is 12.8 Å². The minimum atomic E-state index is 0.766. The Morgan fingerprint density at radius 1 is 0.487 bits per heavy atom. The fraction of sp³-hybridized carbons (Fsp3) is 0.0556. The molecule has 1 aliphatic rings. The molecule has 0 aliphatic heterocycles. The highest BCUT2D eigenvalue weighted by molar-refractivity contribution is 7.26. The number of benzene rings is 5. The molecule has 2 heterocycles. The number of thiophene rings is 1. The SMILES string of the molecule is c1ccc(-c2cc(-c3ccccc3)nc(-c3cccc4c3sc3cc5c(cc34)CCc3ccccc3-5)n2)cc1. The van der Waals surface area contributed by atoms with Gasteiger partial charge < -0.3 is 0 Å². The summed E-state index contributed by atoms with van der Waals surface area (Å²) in [7, 11) is 0. The third kappa shape index (κ3) is 3.77. The van der Waals surface area contributed by atoms with Gasteiger partial charge in [0.2, 0.25) is 0 Å². The van der Waals surface area contributed by atoms with Crippen LogP contribution in [0.5, 0.6) is 0 Å². The van der Waals surface area contributed by atoms with Crippen LogP contribution in [0.1, 0.15) is 11.1 Å². The standard InChI is InChI=1S/C36H24N2S/c1-3-11-24(12-4-1)32-22-33(25-13-5-2-6-14-25)38-36(37-32)29-17-9-16-28-31-20-26-19-18-23-10-7-8-15-27(23)30(26)21-34(31)39-35(28)29/h1-17,20-22H,18-19H2. The Hall–Kier alpha value is -4.60. The maximum Gasteiger partial charge on any atom is 0.161 e. The van der Waals surface area contributed by atoms with Crippen molar-refractivity contribution in [3.63, 3.8) is 0 Å². The molecule has 0 N–H and O–H groups in total. The molecule has 184 valence electrons. The van der Waals surface area contributed by atoms with E-state index in [1.165, 1.54) is 42.4 Å². The van der Waals surface area contributed by atoms with Gasteiger partial charge in [-0.3, -0.25) is 0 Å². The summed E-state index contributed by atoms with van der Waals surface area (Å²) in [5.74, 6) is 0.766. The molecular weight excluding hydrogens is 492 g/mol. The molecule has 0 saturated heterocycles. The van der Waals surface area contributed by atoms with Gasteiger partial charge in [0.25, 0.3) is 0 Å². The van der Waals surface area contributed by atoms with Crippen molar-refractivity contribution in [1.29, 1.82) is 0 Å². The molecule has 1 aliphatic carbocycles. The molecule has 0 saturated carbocycles. The van der Waals surface area contributed by atoms with Crippen LogP contribution in [0.15, 0.2) is 121 Å². The fourth-order valence-corrected chi connectivity index (χ4v) is 7.11. The van der Waals surface area contributed by atoms with E-state index < -0.39 is 0 Å². The van der Waals surface area contributed by atoms with Crippen LogP contribution >= 0.6 is 11.3 Å². The van der Waals surface area contributed by atoms with Crippen LogP contribution in [0.25, 0.3) is 65.2 Å². The molecule has 0 fully saturated rings. The first-order valence-corrected chi connectivity index (χ1v) is 14.2. The van der Waals surface area contributed by atoms with Gasteiger partial charge in [0.15, 0.2) is 5.82 Å². The molecule has 0 radical (unpaired) electrons. The van der Waals surface area contributed by atoms with Gasteiger partial charge >= 0.3 is 0 Å². The van der Waals surface area contributed by atoms with Gasteiger partial charge in [-0.25, -0.2) is 9.97 Å². The van der Waals surface area contributed by atoms with Crippen LogP contribution in [-0.4, -0.2) is 9.97 Å². The molecule has 2 nitrogen and oxygen atoms in total. The minimum Gasteiger partial charge on any atom is -0.228 e. The number of aryl methyl sites for hydroxylation is 2. The Morgan fingerprint density at radius 2 is 1.13 bits per heavy atom. The normalized spacial score (nSPS) is 12.4. The second-order valence-corrected chi connectivity index (χ2v) is 11.2. The first kappa shape index (κ1) is 22.4. The molecule has 8 rings (SSSR count). The highest BCUT2D eigenvalue weighted by atomic mass is 32.1. The summed E-state index contributed by atoms with van der Waals surface area (Å²) in [5, 5.41) is 2.61. The Labute approximate surface area is 231 Å². The molecule has 0 bridgehead atoms. The van der Waals surface area contributed by atoms with E-state index in [0.29, 0.717) is 0 Å². The highest BCUT2D eigenvalue weighted by Gasteiger charge is 2.20. The first-order chi connectivity index (χ1) is 19.3. The number of hydrogen-bond donors (Lipinski definition) is 0. The van der Waals surface area contributed by atoms with Crippen LogP contribution in [-0.2, 0) is 12.8 Å². The zero-order valence-electron chi connectivity index (χ0n) is 21.3. The van der Waals surface area contributed by atoms with Gasteiger partial charge in [-0.1, -0.05) is 97.1 Å². The maximum atomic E-state index is 5.12. The number of fused-ring (bicyclic) bond motifs is 6. The van der Waals surface area contributed by atoms with E-state index in [9.17, 15) is 0 Å². The first-order valence-electron chi connectivity index (χ1n) is 13.4. The van der Waals surface area contributed by atoms with E-state index in [0.717, 1.165) is 46.7 Å². The van der Waals surface area contributed by atoms with Crippen LogP contribution in [0.3, 0.4) is 0 Å². The van der Waals surface area contributed by atoms with Crippen LogP contribution < -0.4 is 0 Å². The molecule has 39 heavy (non-hydrogen) atoms. The van der Waals surface area contributed by atoms with E-state index in [1.807, 2.05) is 23.5 Å². The topological polar surface area (TPSA) is 25.8 Å². The number of hydrogen-bond acceptors (Lipinski definition) is 3. The Balaban J connectivity index is 1.36. The molecule has 7 aromatic rings. The quantitative estimate of drug-likeness (QED) is 0.234. The molecule has 0 amide bonds. The van der Waals surface area contributed by atoms with E-state index >= 15 is 0 Å². The van der Waals surface area contributed by atoms with Crippen LogP contribution in [0.4, 0.5) is 0 Å². The van der Waals surface area contributed by atoms with Crippen LogP contribution in [0, 0.1) is 0 Å². The monoisotopic (exact) mass is 516 g/mol. The zero-order valence-corrected chi connectivity index (χ0v) is 22.1. The van der Waals surface area contributed by atoms with Crippen molar-refractivity contribution in [2.75, 3.05) is 0 Å². The maximum absolute atomic E-state index is 5.12. The highest BCUT2D eigenvalue weighted by Crippen LogP contribution is 2.44. The van der Waals surface area contributed by atoms with E-state index in [1.54, 1.807) is 0 Å². The van der Waals surface area contributed by atoms with Crippen molar-refractivity contribution in [3.05, 3.63) is 132 Å². The summed E-state index contributed by atoms with van der Waals surface area (Å²) in [6.45, 7) is 0. The average molecular weight is 517 g/mol. The molecular formula is C36H24N2S. The van der Waals surface area contributed by atoms with Gasteiger partial charge in [0.05, 0.1) is 11.4 Å². The number of rotatable bonds is 3. The zero-order chi connectivity index (χ0) is 25.8. The summed E-state index contributed by atoms with van der Waals surface area (Å²) >= 11 is 1.85. The van der Waals surface area contributed by atoms with Crippen molar-refractivity contribution >= 4 is 31.5 Å². The van der Waals surface area contributed by atoms with E-state index in [2.05, 4.69) is 109 Å². The van der Waals surface area contributed by atoms with Crippen molar-refractivity contribution in [1.82, 2.24) is 9.97 Å². The van der Waals surface area contributed by atoms with E-state index in [-0.39, 0.29) is 0 Å². The molecule has 0 spiro atoms. The predicted octanol–water partition coefficient (Wildman–Crippen LogP) is 9.61. The summed E-state index contributed by atoms with van der Waals surface area (Å²) in [5.41, 5.74) is 10.8. The second-order valence-electron chi connectivity index (χ2n) is 10.1. The lowest BCUT2D eigenvalue weighted by atomic mass is 9.85. The molecule has 3 heteroatoms. The second kappa shape index (κ2) is 9.00. The molecule has 2 aromatic heterocycles. The smallest absolute Gasteiger partial charge is 0.161 e. The van der Waals surface area contributed by atoms with Crippen molar-refractivity contribution < 1.29 is 0 Å². The van der Waals surface area contributed by atoms with E-state index in [4.69, 9.17) is 9.97 Å². The van der Waals surface area contributed by atoms with Gasteiger partial charge in [0, 0.05) is 36.9 Å².